The van der Waals surface area contributed by atoms with Crippen LogP contribution >= 0.6 is 11.6 Å². The maximum atomic E-state index is 11.7. The zero-order valence-corrected chi connectivity index (χ0v) is 17.6. The quantitative estimate of drug-likeness (QED) is 0.433. The second kappa shape index (κ2) is 8.93. The Balaban J connectivity index is 1.50. The number of methoxy groups -OCH3 is 1. The number of rotatable bonds is 7. The van der Waals surface area contributed by atoms with Gasteiger partial charge in [-0.1, -0.05) is 11.6 Å². The van der Waals surface area contributed by atoms with Gasteiger partial charge in [0, 0.05) is 42.5 Å². The van der Waals surface area contributed by atoms with E-state index < -0.39 is 0 Å². The number of fused-ring (bicyclic) bond motifs is 1. The van der Waals surface area contributed by atoms with Gasteiger partial charge in [0.15, 0.2) is 5.58 Å². The minimum Gasteiger partial charge on any atom is -0.496 e. The van der Waals surface area contributed by atoms with Gasteiger partial charge in [-0.3, -0.25) is 9.78 Å². The average Bonchev–Trinajstić information content (AvgIpc) is 3.19. The number of ether oxygens (including phenoxy) is 2. The molecule has 0 saturated heterocycles. The van der Waals surface area contributed by atoms with Gasteiger partial charge in [0.2, 0.25) is 0 Å². The number of carbonyl (C=O) groups excluding carboxylic acids is 1. The summed E-state index contributed by atoms with van der Waals surface area (Å²) in [6.45, 7) is 0.430. The van der Waals surface area contributed by atoms with E-state index in [0.29, 0.717) is 40.2 Å². The van der Waals surface area contributed by atoms with Crippen LogP contribution < -0.4 is 20.1 Å². The first kappa shape index (κ1) is 20.5. The minimum atomic E-state index is -0.289. The number of nitrogens with one attached hydrogen (secondary N) is 2. The highest BCUT2D eigenvalue weighted by Gasteiger charge is 2.11. The molecule has 31 heavy (non-hydrogen) atoms. The fourth-order valence-electron chi connectivity index (χ4n) is 2.96. The maximum absolute atomic E-state index is 11.7. The fraction of sp³-hybridized carbons (Fsp3) is 0.136. The topological polar surface area (TPSA) is 98.5 Å². The van der Waals surface area contributed by atoms with E-state index in [1.165, 1.54) is 6.20 Å². The first-order valence-corrected chi connectivity index (χ1v) is 9.76. The predicted octanol–water partition coefficient (Wildman–Crippen LogP) is 4.65. The molecule has 2 aromatic heterocycles. The summed E-state index contributed by atoms with van der Waals surface area (Å²) in [5, 5.41) is 6.29. The van der Waals surface area contributed by atoms with Gasteiger partial charge in [0.25, 0.3) is 11.9 Å². The van der Waals surface area contributed by atoms with Crippen LogP contribution in [0, 0.1) is 0 Å². The lowest BCUT2D eigenvalue weighted by Gasteiger charge is -2.08. The maximum Gasteiger partial charge on any atom is 0.295 e. The summed E-state index contributed by atoms with van der Waals surface area (Å²) in [7, 11) is 3.15. The van der Waals surface area contributed by atoms with Gasteiger partial charge in [-0.15, -0.1) is 0 Å². The van der Waals surface area contributed by atoms with Crippen LogP contribution in [0.5, 0.6) is 17.2 Å². The molecule has 2 heterocycles. The van der Waals surface area contributed by atoms with Crippen LogP contribution in [0.15, 0.2) is 59.1 Å². The number of aromatic nitrogens is 2. The van der Waals surface area contributed by atoms with Gasteiger partial charge in [-0.25, -0.2) is 0 Å². The molecule has 9 heteroatoms. The van der Waals surface area contributed by atoms with E-state index in [1.54, 1.807) is 50.6 Å². The van der Waals surface area contributed by atoms with Crippen LogP contribution in [0.25, 0.3) is 11.1 Å². The Bertz CT molecular complexity index is 1240. The van der Waals surface area contributed by atoms with Crippen LogP contribution in [0.3, 0.4) is 0 Å². The summed E-state index contributed by atoms with van der Waals surface area (Å²) in [6.07, 6.45) is 1.51. The highest BCUT2D eigenvalue weighted by atomic mass is 35.5. The molecule has 0 aliphatic heterocycles. The van der Waals surface area contributed by atoms with Gasteiger partial charge in [-0.2, -0.15) is 4.98 Å². The molecule has 8 nitrogen and oxygen atoms in total. The number of anilines is 1. The molecule has 158 valence electrons. The molecule has 0 unspecified atom stereocenters. The van der Waals surface area contributed by atoms with Gasteiger partial charge < -0.3 is 24.5 Å². The number of oxazole rings is 1. The van der Waals surface area contributed by atoms with Crippen molar-refractivity contribution in [1.29, 1.82) is 0 Å². The molecule has 2 N–H and O–H groups in total. The Labute approximate surface area is 183 Å². The monoisotopic (exact) mass is 438 g/mol. The van der Waals surface area contributed by atoms with Gasteiger partial charge in [0.05, 0.1) is 7.11 Å². The summed E-state index contributed by atoms with van der Waals surface area (Å²) in [5.74, 6) is 1.46. The van der Waals surface area contributed by atoms with Crippen molar-refractivity contribution in [2.24, 2.45) is 0 Å². The highest BCUT2D eigenvalue weighted by Crippen LogP contribution is 2.28. The van der Waals surface area contributed by atoms with Crippen LogP contribution in [-0.4, -0.2) is 30.0 Å². The Kier molecular flexibility index (Phi) is 5.90. The number of benzene rings is 2. The Morgan fingerprint density at radius 3 is 2.77 bits per heavy atom. The normalized spacial score (nSPS) is 10.7. The van der Waals surface area contributed by atoms with Crippen molar-refractivity contribution in [2.45, 2.75) is 6.54 Å². The number of halogens is 1. The highest BCUT2D eigenvalue weighted by molar-refractivity contribution is 6.30. The molecule has 0 atom stereocenters. The summed E-state index contributed by atoms with van der Waals surface area (Å²) in [6, 6.07) is 14.3. The minimum absolute atomic E-state index is 0.267. The fourth-order valence-corrected chi connectivity index (χ4v) is 3.16. The van der Waals surface area contributed by atoms with Gasteiger partial charge in [0.1, 0.15) is 28.5 Å². The van der Waals surface area contributed by atoms with E-state index in [2.05, 4.69) is 20.6 Å². The van der Waals surface area contributed by atoms with Crippen molar-refractivity contribution in [2.75, 3.05) is 19.5 Å². The second-order valence-electron chi connectivity index (χ2n) is 6.52. The Hall–Kier alpha value is -3.78. The Morgan fingerprint density at radius 2 is 1.97 bits per heavy atom. The van der Waals surface area contributed by atoms with E-state index in [4.69, 9.17) is 25.5 Å². The van der Waals surface area contributed by atoms with Crippen molar-refractivity contribution in [3.05, 3.63) is 71.0 Å². The second-order valence-corrected chi connectivity index (χ2v) is 6.95. The molecule has 0 aliphatic rings. The molecule has 4 rings (SSSR count). The van der Waals surface area contributed by atoms with Crippen molar-refractivity contribution >= 4 is 34.6 Å². The molecule has 0 saturated carbocycles. The number of pyridine rings is 1. The number of carbonyl (C=O) groups is 1. The van der Waals surface area contributed by atoms with Crippen LogP contribution in [0.2, 0.25) is 5.02 Å². The molecule has 0 radical (unpaired) electrons. The van der Waals surface area contributed by atoms with Crippen LogP contribution in [0.4, 0.5) is 6.01 Å². The van der Waals surface area contributed by atoms with E-state index in [-0.39, 0.29) is 11.6 Å². The van der Waals surface area contributed by atoms with E-state index in [0.717, 1.165) is 11.3 Å². The summed E-state index contributed by atoms with van der Waals surface area (Å²) in [5.41, 5.74) is 2.38. The lowest BCUT2D eigenvalue weighted by molar-refractivity contribution is 0.0958. The average molecular weight is 439 g/mol. The zero-order chi connectivity index (χ0) is 21.8. The SMILES string of the molecule is CNC(=O)c1cc(Oc2ccc3nc(NCc4cc(Cl)ccc4OC)oc3c2)ccn1. The summed E-state index contributed by atoms with van der Waals surface area (Å²) < 4.78 is 17.0. The summed E-state index contributed by atoms with van der Waals surface area (Å²) in [4.78, 5) is 20.2. The first-order valence-electron chi connectivity index (χ1n) is 9.38. The third-order valence-corrected chi connectivity index (χ3v) is 4.69. The molecule has 1 amide bonds. The Morgan fingerprint density at radius 1 is 1.13 bits per heavy atom. The van der Waals surface area contributed by atoms with Crippen molar-refractivity contribution in [3.63, 3.8) is 0 Å². The zero-order valence-electron chi connectivity index (χ0n) is 16.8. The molecule has 0 spiro atoms. The largest absolute Gasteiger partial charge is 0.496 e. The number of hydrogen-bond donors (Lipinski definition) is 2. The van der Waals surface area contributed by atoms with E-state index in [9.17, 15) is 4.79 Å². The third-order valence-electron chi connectivity index (χ3n) is 4.46. The smallest absolute Gasteiger partial charge is 0.295 e. The predicted molar refractivity (Wildman–Crippen MR) is 117 cm³/mol. The molecule has 0 bridgehead atoms. The first-order chi connectivity index (χ1) is 15.1. The van der Waals surface area contributed by atoms with Gasteiger partial charge >= 0.3 is 0 Å². The van der Waals surface area contributed by atoms with Crippen LogP contribution in [-0.2, 0) is 6.54 Å². The molecule has 0 aliphatic carbocycles. The van der Waals surface area contributed by atoms with Crippen molar-refractivity contribution < 1.29 is 18.7 Å². The lowest BCUT2D eigenvalue weighted by atomic mass is 10.2. The molecular weight excluding hydrogens is 420 g/mol. The standard InChI is InChI=1S/C22H19ClN4O4/c1-24-21(28)18-10-16(7-8-25-18)30-15-4-5-17-20(11-15)31-22(27-17)26-12-13-9-14(23)3-6-19(13)29-2/h3-11H,12H2,1-2H3,(H,24,28)(H,26,27). The number of nitrogens with zero attached hydrogens (tertiary/aromatic N) is 2. The van der Waals surface area contributed by atoms with Crippen LogP contribution in [0.1, 0.15) is 16.1 Å². The lowest BCUT2D eigenvalue weighted by Crippen LogP contribution is -2.18. The van der Waals surface area contributed by atoms with E-state index in [1.807, 2.05) is 12.1 Å². The van der Waals surface area contributed by atoms with E-state index >= 15 is 0 Å². The van der Waals surface area contributed by atoms with Gasteiger partial charge in [-0.05, 0) is 36.4 Å². The molecule has 0 fully saturated rings. The van der Waals surface area contributed by atoms with Crippen molar-refractivity contribution in [3.8, 4) is 17.2 Å². The number of amides is 1. The van der Waals surface area contributed by atoms with Crippen molar-refractivity contribution in [1.82, 2.24) is 15.3 Å². The molecular formula is C22H19ClN4O4. The molecule has 4 aromatic rings. The number of hydrogen-bond acceptors (Lipinski definition) is 7. The third kappa shape index (κ3) is 4.70. The molecule has 2 aromatic carbocycles. The summed E-state index contributed by atoms with van der Waals surface area (Å²) >= 11 is 6.08.